The lowest BCUT2D eigenvalue weighted by Crippen LogP contribution is -2.32. The summed E-state index contributed by atoms with van der Waals surface area (Å²) in [5.41, 5.74) is 4.65. The molecule has 11 heteroatoms. The molecule has 0 aromatic heterocycles. The van der Waals surface area contributed by atoms with Crippen LogP contribution in [-0.2, 0) is 14.4 Å². The second-order valence-corrected chi connectivity index (χ2v) is 8.76. The number of nitrogens with zero attached hydrogens (tertiary/aromatic N) is 1. The minimum atomic E-state index is -0.982. The minimum Gasteiger partial charge on any atom is -0.484 e. The standard InChI is InChI=1S/C24H19BrCl2N4O4/c1-14-11-16(7-10-18(14)25)29-21(32)13-35-17-8-5-15(6-9-17)12-28-31-24(34)23(33)30-20-4-2-3-19(26)22(20)27/h2-12H,13H2,1H3,(H,29,32)(H,30,33)(H,31,34)/b28-12-. The third-order valence-corrected chi connectivity index (χ3v) is 6.19. The molecule has 0 saturated carbocycles. The molecule has 180 valence electrons. The number of carbonyl (C=O) groups is 3. The van der Waals surface area contributed by atoms with Gasteiger partial charge in [0.1, 0.15) is 5.75 Å². The van der Waals surface area contributed by atoms with Gasteiger partial charge >= 0.3 is 11.8 Å². The second kappa shape index (κ2) is 12.3. The first-order valence-corrected chi connectivity index (χ1v) is 11.6. The molecule has 3 aromatic rings. The van der Waals surface area contributed by atoms with Gasteiger partial charge in [-0.3, -0.25) is 14.4 Å². The van der Waals surface area contributed by atoms with Crippen LogP contribution in [0.25, 0.3) is 0 Å². The van der Waals surface area contributed by atoms with Gasteiger partial charge in [0, 0.05) is 10.2 Å². The lowest BCUT2D eigenvalue weighted by atomic mass is 10.2. The molecule has 35 heavy (non-hydrogen) atoms. The molecule has 0 heterocycles. The number of aryl methyl sites for hydroxylation is 1. The van der Waals surface area contributed by atoms with Crippen molar-refractivity contribution in [1.82, 2.24) is 5.43 Å². The highest BCUT2D eigenvalue weighted by Gasteiger charge is 2.15. The summed E-state index contributed by atoms with van der Waals surface area (Å²) in [6.45, 7) is 1.77. The average molecular weight is 578 g/mol. The number of nitrogens with one attached hydrogen (secondary N) is 3. The number of benzene rings is 3. The molecule has 8 nitrogen and oxygen atoms in total. The maximum atomic E-state index is 12.1. The molecule has 3 N–H and O–H groups in total. The van der Waals surface area contributed by atoms with E-state index in [0.717, 1.165) is 10.0 Å². The van der Waals surface area contributed by atoms with Crippen LogP contribution < -0.4 is 20.8 Å². The summed E-state index contributed by atoms with van der Waals surface area (Å²) in [4.78, 5) is 36.0. The van der Waals surface area contributed by atoms with Gasteiger partial charge in [-0.2, -0.15) is 5.10 Å². The first-order chi connectivity index (χ1) is 16.7. The zero-order chi connectivity index (χ0) is 25.4. The zero-order valence-corrected chi connectivity index (χ0v) is 21.4. The molecular weight excluding hydrogens is 559 g/mol. The van der Waals surface area contributed by atoms with Crippen molar-refractivity contribution in [1.29, 1.82) is 0 Å². The molecular formula is C24H19BrCl2N4O4. The van der Waals surface area contributed by atoms with E-state index < -0.39 is 11.8 Å². The van der Waals surface area contributed by atoms with Gasteiger partial charge in [0.05, 0.1) is 21.9 Å². The Balaban J connectivity index is 1.45. The van der Waals surface area contributed by atoms with E-state index in [2.05, 4.69) is 37.1 Å². The van der Waals surface area contributed by atoms with Crippen LogP contribution in [0.4, 0.5) is 11.4 Å². The lowest BCUT2D eigenvalue weighted by Gasteiger charge is -2.09. The van der Waals surface area contributed by atoms with Crippen molar-refractivity contribution in [2.75, 3.05) is 17.2 Å². The van der Waals surface area contributed by atoms with Gasteiger partial charge < -0.3 is 15.4 Å². The maximum Gasteiger partial charge on any atom is 0.329 e. The van der Waals surface area contributed by atoms with E-state index in [9.17, 15) is 14.4 Å². The number of hydrogen-bond donors (Lipinski definition) is 3. The van der Waals surface area contributed by atoms with Crippen molar-refractivity contribution in [3.8, 4) is 5.75 Å². The predicted molar refractivity (Wildman–Crippen MR) is 140 cm³/mol. The van der Waals surface area contributed by atoms with Crippen LogP contribution in [0.3, 0.4) is 0 Å². The smallest absolute Gasteiger partial charge is 0.329 e. The maximum absolute atomic E-state index is 12.1. The van der Waals surface area contributed by atoms with Gasteiger partial charge in [-0.15, -0.1) is 0 Å². The summed E-state index contributed by atoms with van der Waals surface area (Å²) in [5, 5.41) is 9.25. The fourth-order valence-corrected chi connectivity index (χ4v) is 3.31. The number of ether oxygens (including phenoxy) is 1. The largest absolute Gasteiger partial charge is 0.484 e. The lowest BCUT2D eigenvalue weighted by molar-refractivity contribution is -0.136. The van der Waals surface area contributed by atoms with Gasteiger partial charge in [0.2, 0.25) is 0 Å². The molecule has 0 aliphatic rings. The Bertz CT molecular complexity index is 1280. The molecule has 3 aromatic carbocycles. The molecule has 0 aliphatic carbocycles. The summed E-state index contributed by atoms with van der Waals surface area (Å²) >= 11 is 15.3. The van der Waals surface area contributed by atoms with Crippen molar-refractivity contribution < 1.29 is 19.1 Å². The monoisotopic (exact) mass is 576 g/mol. The summed E-state index contributed by atoms with van der Waals surface area (Å²) in [6.07, 6.45) is 1.35. The van der Waals surface area contributed by atoms with E-state index in [1.54, 1.807) is 42.5 Å². The van der Waals surface area contributed by atoms with Crippen molar-refractivity contribution in [2.45, 2.75) is 6.92 Å². The highest BCUT2D eigenvalue weighted by atomic mass is 79.9. The first kappa shape index (κ1) is 26.2. The van der Waals surface area contributed by atoms with Gasteiger partial charge in [-0.05, 0) is 72.6 Å². The first-order valence-electron chi connectivity index (χ1n) is 10.1. The second-order valence-electron chi connectivity index (χ2n) is 7.12. The van der Waals surface area contributed by atoms with E-state index in [1.807, 2.05) is 19.1 Å². The molecule has 0 radical (unpaired) electrons. The molecule has 0 saturated heterocycles. The van der Waals surface area contributed by atoms with Gasteiger partial charge in [0.25, 0.3) is 5.91 Å². The molecule has 0 bridgehead atoms. The average Bonchev–Trinajstić information content (AvgIpc) is 2.83. The SMILES string of the molecule is Cc1cc(NC(=O)COc2ccc(/C=N\NC(=O)C(=O)Nc3cccc(Cl)c3Cl)cc2)ccc1Br. The Kier molecular flexibility index (Phi) is 9.25. The van der Waals surface area contributed by atoms with Crippen molar-refractivity contribution in [3.05, 3.63) is 86.3 Å². The Morgan fingerprint density at radius 2 is 1.74 bits per heavy atom. The van der Waals surface area contributed by atoms with Crippen LogP contribution in [0, 0.1) is 6.92 Å². The number of amides is 3. The Labute approximate surface area is 219 Å². The molecule has 0 unspecified atom stereocenters. The minimum absolute atomic E-state index is 0.127. The fraction of sp³-hybridized carbons (Fsp3) is 0.0833. The molecule has 0 aliphatic heterocycles. The van der Waals surface area contributed by atoms with E-state index >= 15 is 0 Å². The van der Waals surface area contributed by atoms with Gasteiger partial charge in [-0.25, -0.2) is 5.43 Å². The number of halogens is 3. The van der Waals surface area contributed by atoms with Crippen LogP contribution >= 0.6 is 39.1 Å². The van der Waals surface area contributed by atoms with Crippen LogP contribution in [0.5, 0.6) is 5.75 Å². The number of rotatable bonds is 7. The third kappa shape index (κ3) is 7.81. The topological polar surface area (TPSA) is 109 Å². The highest BCUT2D eigenvalue weighted by Crippen LogP contribution is 2.29. The quantitative estimate of drug-likeness (QED) is 0.204. The molecule has 0 spiro atoms. The van der Waals surface area contributed by atoms with Crippen molar-refractivity contribution in [2.24, 2.45) is 5.10 Å². The Morgan fingerprint density at radius 1 is 1.00 bits per heavy atom. The number of anilines is 2. The predicted octanol–water partition coefficient (Wildman–Crippen LogP) is 5.17. The summed E-state index contributed by atoms with van der Waals surface area (Å²) in [7, 11) is 0. The van der Waals surface area contributed by atoms with Gasteiger partial charge in [-0.1, -0.05) is 45.2 Å². The van der Waals surface area contributed by atoms with Crippen LogP contribution in [-0.4, -0.2) is 30.5 Å². The summed E-state index contributed by atoms with van der Waals surface area (Å²) in [5.74, 6) is -1.75. The van der Waals surface area contributed by atoms with Crippen molar-refractivity contribution >= 4 is 74.4 Å². The van der Waals surface area contributed by atoms with E-state index in [1.165, 1.54) is 12.3 Å². The third-order valence-electron chi connectivity index (χ3n) is 4.48. The van der Waals surface area contributed by atoms with Gasteiger partial charge in [0.15, 0.2) is 6.61 Å². The van der Waals surface area contributed by atoms with E-state index in [4.69, 9.17) is 27.9 Å². The zero-order valence-electron chi connectivity index (χ0n) is 18.3. The molecule has 0 atom stereocenters. The highest BCUT2D eigenvalue weighted by molar-refractivity contribution is 9.10. The molecule has 3 rings (SSSR count). The number of hydrazone groups is 1. The Morgan fingerprint density at radius 3 is 2.46 bits per heavy atom. The molecule has 0 fully saturated rings. The van der Waals surface area contributed by atoms with Crippen LogP contribution in [0.15, 0.2) is 70.2 Å². The summed E-state index contributed by atoms with van der Waals surface area (Å²) < 4.78 is 6.45. The molecule has 3 amide bonds. The summed E-state index contributed by atoms with van der Waals surface area (Å²) in [6, 6.07) is 16.8. The van der Waals surface area contributed by atoms with Crippen LogP contribution in [0.2, 0.25) is 10.0 Å². The van der Waals surface area contributed by atoms with E-state index in [-0.39, 0.29) is 28.2 Å². The Hall–Kier alpha value is -3.40. The van der Waals surface area contributed by atoms with Crippen LogP contribution in [0.1, 0.15) is 11.1 Å². The number of carbonyl (C=O) groups excluding carboxylic acids is 3. The van der Waals surface area contributed by atoms with Crippen molar-refractivity contribution in [3.63, 3.8) is 0 Å². The number of hydrogen-bond acceptors (Lipinski definition) is 5. The fourth-order valence-electron chi connectivity index (χ4n) is 2.71. The normalized spacial score (nSPS) is 10.6. The van der Waals surface area contributed by atoms with E-state index in [0.29, 0.717) is 17.0 Å².